The van der Waals surface area contributed by atoms with E-state index in [4.69, 9.17) is 0 Å². The Morgan fingerprint density at radius 2 is 2.28 bits per heavy atom. The highest BCUT2D eigenvalue weighted by atomic mass is 79.9. The van der Waals surface area contributed by atoms with Crippen LogP contribution in [0.3, 0.4) is 0 Å². The van der Waals surface area contributed by atoms with Crippen molar-refractivity contribution >= 4 is 33.2 Å². The second-order valence-corrected chi connectivity index (χ2v) is 7.42. The van der Waals surface area contributed by atoms with Gasteiger partial charge in [-0.25, -0.2) is 0 Å². The third-order valence-corrected chi connectivity index (χ3v) is 5.28. The lowest BCUT2D eigenvalue weighted by Crippen LogP contribution is -2.51. The quantitative estimate of drug-likeness (QED) is 0.841. The Kier molecular flexibility index (Phi) is 4.81. The van der Waals surface area contributed by atoms with Crippen LogP contribution in [0.25, 0.3) is 0 Å². The highest BCUT2D eigenvalue weighted by Gasteiger charge is 2.43. The van der Waals surface area contributed by atoms with Gasteiger partial charge in [-0.05, 0) is 54.4 Å². The Bertz CT molecular complexity index is 415. The van der Waals surface area contributed by atoms with E-state index in [9.17, 15) is 4.79 Å². The highest BCUT2D eigenvalue weighted by molar-refractivity contribution is 9.11. The Hall–Kier alpha value is -0.390. The van der Waals surface area contributed by atoms with E-state index in [2.05, 4.69) is 38.7 Å². The summed E-state index contributed by atoms with van der Waals surface area (Å²) in [6.07, 6.45) is 4.12. The van der Waals surface area contributed by atoms with Crippen LogP contribution < -0.4 is 10.6 Å². The monoisotopic (exact) mass is 330 g/mol. The molecule has 2 N–H and O–H groups in total. The molecule has 0 bridgehead atoms. The number of amides is 1. The molecule has 2 rings (SSSR count). The van der Waals surface area contributed by atoms with Crippen molar-refractivity contribution in [2.45, 2.75) is 25.7 Å². The van der Waals surface area contributed by atoms with Crippen molar-refractivity contribution in [1.29, 1.82) is 0 Å². The van der Waals surface area contributed by atoms with Gasteiger partial charge in [0.15, 0.2) is 0 Å². The molecular weight excluding hydrogens is 312 g/mol. The van der Waals surface area contributed by atoms with Gasteiger partial charge < -0.3 is 10.6 Å². The number of halogens is 1. The molecule has 1 aromatic rings. The van der Waals surface area contributed by atoms with E-state index in [1.165, 1.54) is 11.3 Å². The van der Waals surface area contributed by atoms with E-state index >= 15 is 0 Å². The lowest BCUT2D eigenvalue weighted by Gasteiger charge is -2.40. The molecule has 1 aliphatic rings. The van der Waals surface area contributed by atoms with Crippen molar-refractivity contribution in [3.05, 3.63) is 20.8 Å². The predicted molar refractivity (Wildman–Crippen MR) is 78.9 cm³/mol. The number of carbonyl (C=O) groups excluding carboxylic acids is 1. The normalized spacial score (nSPS) is 17.2. The molecule has 0 unspecified atom stereocenters. The summed E-state index contributed by atoms with van der Waals surface area (Å²) >= 11 is 5.18. The van der Waals surface area contributed by atoms with E-state index in [0.29, 0.717) is 0 Å². The first-order valence-corrected chi connectivity index (χ1v) is 7.94. The van der Waals surface area contributed by atoms with Crippen molar-refractivity contribution < 1.29 is 4.79 Å². The minimum atomic E-state index is -0.134. The largest absolute Gasteiger partial charge is 0.355 e. The number of thiophene rings is 1. The van der Waals surface area contributed by atoms with Gasteiger partial charge in [-0.3, -0.25) is 4.79 Å². The standard InChI is InChI=1S/C13H19BrN2OS/c1-15-9-13(6-2-7-13)12(17)16-8-5-10-3-4-11(14)18-10/h3-4,15H,2,5-9H2,1H3,(H,16,17). The molecule has 1 amide bonds. The molecule has 0 atom stereocenters. The molecular formula is C13H19BrN2OS. The fourth-order valence-electron chi connectivity index (χ4n) is 2.40. The molecule has 18 heavy (non-hydrogen) atoms. The van der Waals surface area contributed by atoms with Crippen LogP contribution in [-0.2, 0) is 11.2 Å². The van der Waals surface area contributed by atoms with E-state index in [0.717, 1.165) is 36.1 Å². The van der Waals surface area contributed by atoms with Crippen LogP contribution in [0.1, 0.15) is 24.1 Å². The Labute approximate surface area is 120 Å². The van der Waals surface area contributed by atoms with Crippen LogP contribution in [0, 0.1) is 5.41 Å². The van der Waals surface area contributed by atoms with Gasteiger partial charge in [0.25, 0.3) is 0 Å². The van der Waals surface area contributed by atoms with Crippen molar-refractivity contribution in [3.63, 3.8) is 0 Å². The van der Waals surface area contributed by atoms with Gasteiger partial charge in [0, 0.05) is 18.0 Å². The number of rotatable bonds is 6. The van der Waals surface area contributed by atoms with Crippen molar-refractivity contribution in [2.75, 3.05) is 20.1 Å². The van der Waals surface area contributed by atoms with Crippen molar-refractivity contribution in [1.82, 2.24) is 10.6 Å². The zero-order valence-electron chi connectivity index (χ0n) is 10.6. The summed E-state index contributed by atoms with van der Waals surface area (Å²) in [5.74, 6) is 0.221. The molecule has 0 aromatic carbocycles. The lowest BCUT2D eigenvalue weighted by molar-refractivity contribution is -0.135. The molecule has 1 saturated carbocycles. The zero-order valence-corrected chi connectivity index (χ0v) is 13.0. The first-order valence-electron chi connectivity index (χ1n) is 6.33. The van der Waals surface area contributed by atoms with E-state index in [-0.39, 0.29) is 11.3 Å². The Morgan fingerprint density at radius 3 is 2.78 bits per heavy atom. The fourth-order valence-corrected chi connectivity index (χ4v) is 3.88. The Balaban J connectivity index is 1.77. The fraction of sp³-hybridized carbons (Fsp3) is 0.615. The van der Waals surface area contributed by atoms with Gasteiger partial charge in [0.05, 0.1) is 9.20 Å². The topological polar surface area (TPSA) is 41.1 Å². The van der Waals surface area contributed by atoms with Crippen LogP contribution in [0.15, 0.2) is 15.9 Å². The van der Waals surface area contributed by atoms with Gasteiger partial charge >= 0.3 is 0 Å². The molecule has 5 heteroatoms. The van der Waals surface area contributed by atoms with E-state index in [1.807, 2.05) is 7.05 Å². The maximum Gasteiger partial charge on any atom is 0.227 e. The second kappa shape index (κ2) is 6.17. The molecule has 0 spiro atoms. The van der Waals surface area contributed by atoms with Gasteiger partial charge in [-0.1, -0.05) is 6.42 Å². The maximum atomic E-state index is 12.2. The molecule has 0 saturated heterocycles. The van der Waals surface area contributed by atoms with E-state index < -0.39 is 0 Å². The number of hydrogen-bond donors (Lipinski definition) is 2. The third kappa shape index (κ3) is 3.13. The van der Waals surface area contributed by atoms with Gasteiger partial charge in [-0.2, -0.15) is 0 Å². The number of hydrogen-bond acceptors (Lipinski definition) is 3. The lowest BCUT2D eigenvalue weighted by atomic mass is 9.68. The van der Waals surface area contributed by atoms with Crippen LogP contribution in [0.4, 0.5) is 0 Å². The molecule has 1 heterocycles. The minimum Gasteiger partial charge on any atom is -0.355 e. The molecule has 1 aromatic heterocycles. The first-order chi connectivity index (χ1) is 8.66. The summed E-state index contributed by atoms with van der Waals surface area (Å²) in [4.78, 5) is 13.5. The SMILES string of the molecule is CNCC1(C(=O)NCCc2ccc(Br)s2)CCC1. The second-order valence-electron chi connectivity index (χ2n) is 4.88. The van der Waals surface area contributed by atoms with Gasteiger partial charge in [-0.15, -0.1) is 11.3 Å². The molecule has 3 nitrogen and oxygen atoms in total. The van der Waals surface area contributed by atoms with Crippen LogP contribution >= 0.6 is 27.3 Å². The minimum absolute atomic E-state index is 0.134. The molecule has 1 aliphatic carbocycles. The molecule has 100 valence electrons. The number of carbonyl (C=O) groups is 1. The molecule has 1 fully saturated rings. The van der Waals surface area contributed by atoms with Crippen LogP contribution in [0.2, 0.25) is 0 Å². The van der Waals surface area contributed by atoms with Crippen LogP contribution in [-0.4, -0.2) is 26.0 Å². The summed E-state index contributed by atoms with van der Waals surface area (Å²) in [7, 11) is 1.91. The van der Waals surface area contributed by atoms with Gasteiger partial charge in [0.2, 0.25) is 5.91 Å². The molecule has 0 aliphatic heterocycles. The average Bonchev–Trinajstić information content (AvgIpc) is 2.69. The third-order valence-electron chi connectivity index (χ3n) is 3.59. The zero-order chi connectivity index (χ0) is 13.0. The summed E-state index contributed by atoms with van der Waals surface area (Å²) < 4.78 is 1.15. The number of nitrogens with one attached hydrogen (secondary N) is 2. The highest BCUT2D eigenvalue weighted by Crippen LogP contribution is 2.40. The molecule has 0 radical (unpaired) electrons. The first kappa shape index (κ1) is 14.0. The summed E-state index contributed by atoms with van der Waals surface area (Å²) in [6.45, 7) is 1.53. The van der Waals surface area contributed by atoms with Crippen molar-refractivity contribution in [3.8, 4) is 0 Å². The van der Waals surface area contributed by atoms with Crippen molar-refractivity contribution in [2.24, 2.45) is 5.41 Å². The Morgan fingerprint density at radius 1 is 1.50 bits per heavy atom. The summed E-state index contributed by atoms with van der Waals surface area (Å²) in [5.41, 5.74) is -0.134. The van der Waals surface area contributed by atoms with E-state index in [1.54, 1.807) is 11.3 Å². The van der Waals surface area contributed by atoms with Gasteiger partial charge in [0.1, 0.15) is 0 Å². The smallest absolute Gasteiger partial charge is 0.227 e. The van der Waals surface area contributed by atoms with Crippen LogP contribution in [0.5, 0.6) is 0 Å². The average molecular weight is 331 g/mol. The predicted octanol–water partition coefficient (Wildman–Crippen LogP) is 2.56. The maximum absolute atomic E-state index is 12.2. The summed E-state index contributed by atoms with van der Waals surface area (Å²) in [5, 5.41) is 6.22. The summed E-state index contributed by atoms with van der Waals surface area (Å²) in [6, 6.07) is 4.16.